The van der Waals surface area contributed by atoms with Crippen LogP contribution in [0.15, 0.2) is 36.4 Å². The fourth-order valence-electron chi connectivity index (χ4n) is 0.883. The van der Waals surface area contributed by atoms with Gasteiger partial charge in [0.1, 0.15) is 18.6 Å². The fraction of sp³-hybridized carbons (Fsp3) is 0.182. The van der Waals surface area contributed by atoms with E-state index in [0.29, 0.717) is 12.2 Å². The van der Waals surface area contributed by atoms with Crippen molar-refractivity contribution in [3.63, 3.8) is 0 Å². The van der Waals surface area contributed by atoms with Gasteiger partial charge in [-0.25, -0.2) is 0 Å². The van der Waals surface area contributed by atoms with Crippen LogP contribution in [-0.4, -0.2) is 12.9 Å². The third-order valence-corrected chi connectivity index (χ3v) is 1.60. The smallest absolute Gasteiger partial charge is 0.150 e. The molecule has 0 fully saturated rings. The van der Waals surface area contributed by atoms with Crippen LogP contribution in [0.4, 0.5) is 0 Å². The summed E-state index contributed by atoms with van der Waals surface area (Å²) in [5.41, 5.74) is 0.665. The second-order valence-corrected chi connectivity index (χ2v) is 2.57. The van der Waals surface area contributed by atoms with Crippen LogP contribution in [0.1, 0.15) is 17.3 Å². The molecule has 0 radical (unpaired) electrons. The summed E-state index contributed by atoms with van der Waals surface area (Å²) in [5, 5.41) is 0. The molecule has 0 saturated carbocycles. The van der Waals surface area contributed by atoms with Gasteiger partial charge in [-0.05, 0) is 31.2 Å². The lowest BCUT2D eigenvalue weighted by Gasteiger charge is -2.01. The number of benzene rings is 1. The standard InChI is InChI=1S/C11H12O2/c1-2-3-8-13-11-6-4-10(9-12)5-7-11/h2-7,9H,8H2,1H3/b3-2+. The first-order valence-electron chi connectivity index (χ1n) is 4.16. The minimum absolute atomic E-state index is 0.566. The largest absolute Gasteiger partial charge is 0.490 e. The summed E-state index contributed by atoms with van der Waals surface area (Å²) < 4.78 is 5.34. The summed E-state index contributed by atoms with van der Waals surface area (Å²) in [5.74, 6) is 0.781. The first-order chi connectivity index (χ1) is 6.36. The lowest BCUT2D eigenvalue weighted by atomic mass is 10.2. The van der Waals surface area contributed by atoms with E-state index in [2.05, 4.69) is 0 Å². The topological polar surface area (TPSA) is 26.3 Å². The molecule has 0 aliphatic heterocycles. The van der Waals surface area contributed by atoms with Gasteiger partial charge in [-0.15, -0.1) is 0 Å². The lowest BCUT2D eigenvalue weighted by molar-refractivity contribution is 0.112. The van der Waals surface area contributed by atoms with Crippen molar-refractivity contribution in [2.45, 2.75) is 6.92 Å². The molecule has 13 heavy (non-hydrogen) atoms. The van der Waals surface area contributed by atoms with Crippen molar-refractivity contribution in [1.82, 2.24) is 0 Å². The van der Waals surface area contributed by atoms with E-state index in [1.165, 1.54) is 0 Å². The van der Waals surface area contributed by atoms with Crippen LogP contribution in [0.25, 0.3) is 0 Å². The Morgan fingerprint density at radius 3 is 2.54 bits per heavy atom. The molecule has 0 atom stereocenters. The van der Waals surface area contributed by atoms with Gasteiger partial charge < -0.3 is 4.74 Å². The van der Waals surface area contributed by atoms with Gasteiger partial charge in [-0.2, -0.15) is 0 Å². The highest BCUT2D eigenvalue weighted by Gasteiger charge is 1.91. The van der Waals surface area contributed by atoms with E-state index in [4.69, 9.17) is 4.74 Å². The molecule has 2 heteroatoms. The molecule has 1 rings (SSSR count). The highest BCUT2D eigenvalue weighted by atomic mass is 16.5. The van der Waals surface area contributed by atoms with Crippen LogP contribution in [0.3, 0.4) is 0 Å². The molecule has 0 aromatic heterocycles. The van der Waals surface area contributed by atoms with E-state index in [9.17, 15) is 4.79 Å². The van der Waals surface area contributed by atoms with Crippen LogP contribution in [0, 0.1) is 0 Å². The summed E-state index contributed by atoms with van der Waals surface area (Å²) in [7, 11) is 0. The monoisotopic (exact) mass is 176 g/mol. The quantitative estimate of drug-likeness (QED) is 0.520. The maximum absolute atomic E-state index is 10.3. The van der Waals surface area contributed by atoms with Crippen molar-refractivity contribution >= 4 is 6.29 Å². The van der Waals surface area contributed by atoms with Crippen LogP contribution in [-0.2, 0) is 0 Å². The van der Waals surface area contributed by atoms with Crippen molar-refractivity contribution in [3.8, 4) is 5.75 Å². The van der Waals surface area contributed by atoms with Gasteiger partial charge in [-0.3, -0.25) is 4.79 Å². The normalized spacial score (nSPS) is 10.2. The Hall–Kier alpha value is -1.57. The minimum atomic E-state index is 0.566. The van der Waals surface area contributed by atoms with Gasteiger partial charge >= 0.3 is 0 Å². The number of carbonyl (C=O) groups excluding carboxylic acids is 1. The molecule has 68 valence electrons. The molecule has 1 aromatic rings. The number of ether oxygens (including phenoxy) is 1. The maximum Gasteiger partial charge on any atom is 0.150 e. The minimum Gasteiger partial charge on any atom is -0.490 e. The van der Waals surface area contributed by atoms with E-state index < -0.39 is 0 Å². The number of hydrogen-bond donors (Lipinski definition) is 0. The second-order valence-electron chi connectivity index (χ2n) is 2.57. The zero-order chi connectivity index (χ0) is 9.52. The summed E-state index contributed by atoms with van der Waals surface area (Å²) >= 11 is 0. The number of carbonyl (C=O) groups is 1. The molecular formula is C11H12O2. The molecule has 2 nitrogen and oxygen atoms in total. The van der Waals surface area contributed by atoms with Crippen molar-refractivity contribution in [3.05, 3.63) is 42.0 Å². The molecule has 0 N–H and O–H groups in total. The van der Waals surface area contributed by atoms with Crippen molar-refractivity contribution in [1.29, 1.82) is 0 Å². The molecule has 0 heterocycles. The molecular weight excluding hydrogens is 164 g/mol. The second kappa shape index (κ2) is 5.14. The number of allylic oxidation sites excluding steroid dienone is 1. The van der Waals surface area contributed by atoms with Crippen LogP contribution >= 0.6 is 0 Å². The SMILES string of the molecule is C/C=C/COc1ccc(C=O)cc1. The van der Waals surface area contributed by atoms with Crippen LogP contribution in [0.2, 0.25) is 0 Å². The van der Waals surface area contributed by atoms with Crippen molar-refractivity contribution < 1.29 is 9.53 Å². The zero-order valence-electron chi connectivity index (χ0n) is 7.57. The highest BCUT2D eigenvalue weighted by molar-refractivity contribution is 5.74. The average molecular weight is 176 g/mol. The zero-order valence-corrected chi connectivity index (χ0v) is 7.57. The molecule has 0 saturated heterocycles. The van der Waals surface area contributed by atoms with Gasteiger partial charge in [0, 0.05) is 5.56 Å². The third-order valence-electron chi connectivity index (χ3n) is 1.60. The van der Waals surface area contributed by atoms with Gasteiger partial charge in [0.05, 0.1) is 0 Å². The highest BCUT2D eigenvalue weighted by Crippen LogP contribution is 2.10. The molecule has 0 aliphatic carbocycles. The Labute approximate surface area is 77.8 Å². The number of hydrogen-bond acceptors (Lipinski definition) is 2. The Balaban J connectivity index is 2.53. The fourth-order valence-corrected chi connectivity index (χ4v) is 0.883. The van der Waals surface area contributed by atoms with Gasteiger partial charge in [0.15, 0.2) is 0 Å². The predicted molar refractivity (Wildman–Crippen MR) is 52.1 cm³/mol. The summed E-state index contributed by atoms with van der Waals surface area (Å²) in [6.45, 7) is 2.51. The summed E-state index contributed by atoms with van der Waals surface area (Å²) in [6, 6.07) is 7.04. The average Bonchev–Trinajstić information content (AvgIpc) is 2.19. The third kappa shape index (κ3) is 3.11. The van der Waals surface area contributed by atoms with E-state index in [1.54, 1.807) is 24.3 Å². The maximum atomic E-state index is 10.3. The van der Waals surface area contributed by atoms with Gasteiger partial charge in [0.2, 0.25) is 0 Å². The Morgan fingerprint density at radius 2 is 2.00 bits per heavy atom. The lowest BCUT2D eigenvalue weighted by Crippen LogP contribution is -1.92. The molecule has 0 unspecified atom stereocenters. The van der Waals surface area contributed by atoms with E-state index in [-0.39, 0.29) is 0 Å². The molecule has 0 bridgehead atoms. The Morgan fingerprint density at radius 1 is 1.31 bits per heavy atom. The van der Waals surface area contributed by atoms with E-state index in [0.717, 1.165) is 12.0 Å². The van der Waals surface area contributed by atoms with Crippen molar-refractivity contribution in [2.24, 2.45) is 0 Å². The molecule has 0 amide bonds. The van der Waals surface area contributed by atoms with Gasteiger partial charge in [-0.1, -0.05) is 12.2 Å². The van der Waals surface area contributed by atoms with E-state index >= 15 is 0 Å². The number of aldehydes is 1. The Kier molecular flexibility index (Phi) is 3.76. The van der Waals surface area contributed by atoms with Crippen LogP contribution < -0.4 is 4.74 Å². The van der Waals surface area contributed by atoms with Crippen LogP contribution in [0.5, 0.6) is 5.75 Å². The first kappa shape index (κ1) is 9.52. The summed E-state index contributed by atoms with van der Waals surface area (Å²) in [4.78, 5) is 10.3. The Bertz CT molecular complexity index is 285. The number of rotatable bonds is 4. The molecule has 0 spiro atoms. The first-order valence-corrected chi connectivity index (χ1v) is 4.16. The summed E-state index contributed by atoms with van der Waals surface area (Å²) in [6.07, 6.45) is 4.67. The molecule has 0 aliphatic rings. The van der Waals surface area contributed by atoms with Crippen molar-refractivity contribution in [2.75, 3.05) is 6.61 Å². The van der Waals surface area contributed by atoms with E-state index in [1.807, 2.05) is 19.1 Å². The van der Waals surface area contributed by atoms with Gasteiger partial charge in [0.25, 0.3) is 0 Å². The predicted octanol–water partition coefficient (Wildman–Crippen LogP) is 2.45. The molecule has 1 aromatic carbocycles.